The van der Waals surface area contributed by atoms with E-state index in [0.717, 1.165) is 77.0 Å². The zero-order chi connectivity index (χ0) is 42.1. The van der Waals surface area contributed by atoms with Crippen molar-refractivity contribution in [3.05, 3.63) is 122 Å². The first-order valence-electron chi connectivity index (χ1n) is 21.2. The van der Waals surface area contributed by atoms with Gasteiger partial charge >= 0.3 is 17.9 Å². The number of carbonyl (C=O) groups is 3. The number of hydrogen-bond donors (Lipinski definition) is 1. The van der Waals surface area contributed by atoms with Crippen LogP contribution >= 0.6 is 0 Å². The molecule has 0 fully saturated rings. The number of hydrogen-bond acceptors (Lipinski definition) is 6. The highest BCUT2D eigenvalue weighted by molar-refractivity contribution is 5.72. The molecule has 0 aromatic carbocycles. The van der Waals surface area contributed by atoms with Crippen LogP contribution in [0.2, 0.25) is 0 Å². The SMILES string of the molecule is CC/C=C/C=C/C=C/C=C/C=C/C=C/C=C/CCCCCC(=O)OC(COCCC(C(=O)O)[N+](C)(C)C)COC(=O)CCCCCC/C=C/C/C=C/C/C=C/CC. The third-order valence-corrected chi connectivity index (χ3v) is 8.55. The molecule has 0 aliphatic rings. The maximum Gasteiger partial charge on any atom is 0.362 e. The molecule has 0 rings (SSSR count). The highest BCUT2D eigenvalue weighted by Gasteiger charge is 2.31. The first kappa shape index (κ1) is 52.7. The van der Waals surface area contributed by atoms with Crippen molar-refractivity contribution in [3.63, 3.8) is 0 Å². The van der Waals surface area contributed by atoms with Crippen LogP contribution in [-0.2, 0) is 28.6 Å². The number of carbonyl (C=O) groups excluding carboxylic acids is 2. The number of carboxylic acids is 1. The minimum Gasteiger partial charge on any atom is -0.477 e. The van der Waals surface area contributed by atoms with Crippen molar-refractivity contribution in [2.24, 2.45) is 0 Å². The molecule has 57 heavy (non-hydrogen) atoms. The van der Waals surface area contributed by atoms with E-state index < -0.39 is 18.1 Å². The van der Waals surface area contributed by atoms with Gasteiger partial charge in [0.25, 0.3) is 0 Å². The van der Waals surface area contributed by atoms with E-state index in [2.05, 4.69) is 62.5 Å². The van der Waals surface area contributed by atoms with Gasteiger partial charge in [-0.25, -0.2) is 4.79 Å². The lowest BCUT2D eigenvalue weighted by atomic mass is 10.1. The highest BCUT2D eigenvalue weighted by Crippen LogP contribution is 2.12. The maximum atomic E-state index is 12.7. The van der Waals surface area contributed by atoms with Crippen LogP contribution in [-0.4, -0.2) is 80.6 Å². The Bertz CT molecular complexity index is 1340. The van der Waals surface area contributed by atoms with Crippen LogP contribution in [0.4, 0.5) is 0 Å². The Kier molecular flexibility index (Phi) is 35.7. The van der Waals surface area contributed by atoms with Crippen LogP contribution in [0.25, 0.3) is 0 Å². The van der Waals surface area contributed by atoms with Gasteiger partial charge in [-0.3, -0.25) is 9.59 Å². The molecular weight excluding hydrogens is 715 g/mol. The summed E-state index contributed by atoms with van der Waals surface area (Å²) < 4.78 is 17.2. The third kappa shape index (κ3) is 37.1. The summed E-state index contributed by atoms with van der Waals surface area (Å²) in [6.07, 6.45) is 53.8. The first-order chi connectivity index (χ1) is 27.6. The molecule has 0 aromatic heterocycles. The van der Waals surface area contributed by atoms with Crippen LogP contribution < -0.4 is 0 Å². The number of rotatable bonds is 35. The Morgan fingerprint density at radius 2 is 1.02 bits per heavy atom. The molecule has 0 radical (unpaired) electrons. The summed E-state index contributed by atoms with van der Waals surface area (Å²) in [5.74, 6) is -1.58. The van der Waals surface area contributed by atoms with Crippen LogP contribution in [0.1, 0.15) is 117 Å². The average Bonchev–Trinajstić information content (AvgIpc) is 3.17. The monoisotopic (exact) mass is 791 g/mol. The van der Waals surface area contributed by atoms with Gasteiger partial charge in [0.1, 0.15) is 6.61 Å². The summed E-state index contributed by atoms with van der Waals surface area (Å²) in [6.45, 7) is 4.36. The minimum absolute atomic E-state index is 0.0251. The fraction of sp³-hybridized carbons (Fsp3) is 0.531. The molecule has 8 nitrogen and oxygen atoms in total. The van der Waals surface area contributed by atoms with E-state index in [1.165, 1.54) is 0 Å². The van der Waals surface area contributed by atoms with E-state index in [0.29, 0.717) is 19.3 Å². The standard InChI is InChI=1S/C49H75NO7/c1-6-8-10-12-14-16-18-20-22-23-24-25-26-28-30-32-34-36-38-40-48(52)57-45(43-55-42-41-46(49(53)54)50(3,4)5)44-56-47(51)39-37-35-33-31-29-27-21-19-17-15-13-11-9-7-2/h8-12,14-18,20-28,30,45-46H,6-7,13,19,29,31-44H2,1-5H3/p+1/b10-8+,11-9+,14-12+,17-15+,18-16+,22-20+,24-23+,26-25+,27-21+,30-28+. The minimum atomic E-state index is -0.894. The molecule has 2 unspecified atom stereocenters. The first-order valence-corrected chi connectivity index (χ1v) is 21.2. The molecule has 0 aliphatic heterocycles. The predicted molar refractivity (Wildman–Crippen MR) is 238 cm³/mol. The number of nitrogens with zero attached hydrogens (tertiary/aromatic N) is 1. The average molecular weight is 791 g/mol. The highest BCUT2D eigenvalue weighted by atomic mass is 16.6. The Morgan fingerprint density at radius 1 is 0.544 bits per heavy atom. The van der Waals surface area contributed by atoms with E-state index in [1.807, 2.05) is 94.1 Å². The predicted octanol–water partition coefficient (Wildman–Crippen LogP) is 11.5. The van der Waals surface area contributed by atoms with Gasteiger partial charge in [-0.2, -0.15) is 0 Å². The van der Waals surface area contributed by atoms with Crippen molar-refractivity contribution in [2.45, 2.75) is 129 Å². The van der Waals surface area contributed by atoms with Crippen LogP contribution in [0.3, 0.4) is 0 Å². The normalized spacial score (nSPS) is 14.2. The summed E-state index contributed by atoms with van der Waals surface area (Å²) in [5.41, 5.74) is 0. The fourth-order valence-electron chi connectivity index (χ4n) is 5.32. The molecule has 0 saturated heterocycles. The van der Waals surface area contributed by atoms with Crippen molar-refractivity contribution in [1.82, 2.24) is 0 Å². The van der Waals surface area contributed by atoms with Crippen molar-refractivity contribution in [2.75, 3.05) is 41.0 Å². The van der Waals surface area contributed by atoms with Gasteiger partial charge in [-0.1, -0.05) is 155 Å². The molecule has 0 heterocycles. The summed E-state index contributed by atoms with van der Waals surface area (Å²) in [4.78, 5) is 36.9. The summed E-state index contributed by atoms with van der Waals surface area (Å²) in [7, 11) is 5.48. The van der Waals surface area contributed by atoms with Crippen LogP contribution in [0.5, 0.6) is 0 Å². The molecule has 0 bridgehead atoms. The van der Waals surface area contributed by atoms with E-state index in [4.69, 9.17) is 14.2 Å². The number of carboxylic acid groups (broad SMARTS) is 1. The Labute approximate surface area is 346 Å². The van der Waals surface area contributed by atoms with Gasteiger partial charge in [0.05, 0.1) is 34.4 Å². The lowest BCUT2D eigenvalue weighted by molar-refractivity contribution is -0.887. The molecule has 0 amide bonds. The molecule has 2 atom stereocenters. The number of esters is 2. The quantitative estimate of drug-likeness (QED) is 0.0224. The van der Waals surface area contributed by atoms with Crippen LogP contribution in [0, 0.1) is 0 Å². The van der Waals surface area contributed by atoms with Gasteiger partial charge in [-0.15, -0.1) is 0 Å². The number of allylic oxidation sites excluding steroid dienone is 20. The largest absolute Gasteiger partial charge is 0.477 e. The Hall–Kier alpha value is -4.27. The molecule has 0 aromatic rings. The van der Waals surface area contributed by atoms with E-state index in [1.54, 1.807) is 0 Å². The topological polar surface area (TPSA) is 99.1 Å². The van der Waals surface area contributed by atoms with E-state index in [9.17, 15) is 19.5 Å². The number of likely N-dealkylation sites (N-methyl/N-ethyl adjacent to an activating group) is 1. The molecule has 1 N–H and O–H groups in total. The molecular formula is C49H76NO7+. The van der Waals surface area contributed by atoms with Gasteiger partial charge in [0, 0.05) is 19.3 Å². The summed E-state index contributed by atoms with van der Waals surface area (Å²) >= 11 is 0. The second-order valence-corrected chi connectivity index (χ2v) is 14.7. The molecule has 318 valence electrons. The van der Waals surface area contributed by atoms with Gasteiger partial charge < -0.3 is 23.8 Å². The zero-order valence-corrected chi connectivity index (χ0v) is 36.0. The summed E-state index contributed by atoms with van der Waals surface area (Å²) in [6, 6.07) is -0.635. The van der Waals surface area contributed by atoms with Crippen LogP contribution in [0.15, 0.2) is 122 Å². The van der Waals surface area contributed by atoms with Gasteiger partial charge in [0.2, 0.25) is 0 Å². The number of ether oxygens (including phenoxy) is 3. The van der Waals surface area contributed by atoms with Crippen molar-refractivity contribution >= 4 is 17.9 Å². The molecule has 0 saturated carbocycles. The number of unbranched alkanes of at least 4 members (excludes halogenated alkanes) is 7. The summed E-state index contributed by atoms with van der Waals surface area (Å²) in [5, 5.41) is 9.61. The fourth-order valence-corrected chi connectivity index (χ4v) is 5.32. The molecule has 0 spiro atoms. The number of aliphatic carboxylic acids is 1. The van der Waals surface area contributed by atoms with Crippen molar-refractivity contribution in [3.8, 4) is 0 Å². The maximum absolute atomic E-state index is 12.7. The molecule has 0 aliphatic carbocycles. The van der Waals surface area contributed by atoms with E-state index >= 15 is 0 Å². The van der Waals surface area contributed by atoms with Gasteiger partial charge in [-0.05, 0) is 64.2 Å². The van der Waals surface area contributed by atoms with Crippen molar-refractivity contribution in [1.29, 1.82) is 0 Å². The second kappa shape index (κ2) is 38.6. The Morgan fingerprint density at radius 3 is 1.58 bits per heavy atom. The second-order valence-electron chi connectivity index (χ2n) is 14.7. The number of quaternary nitrogens is 1. The Balaban J connectivity index is 4.56. The molecule has 8 heteroatoms. The lowest BCUT2D eigenvalue weighted by Crippen LogP contribution is -2.50. The lowest BCUT2D eigenvalue weighted by Gasteiger charge is -2.31. The third-order valence-electron chi connectivity index (χ3n) is 8.55. The van der Waals surface area contributed by atoms with Crippen molar-refractivity contribution < 1.29 is 38.2 Å². The van der Waals surface area contributed by atoms with Gasteiger partial charge in [0.15, 0.2) is 12.1 Å². The van der Waals surface area contributed by atoms with E-state index in [-0.39, 0.29) is 42.7 Å². The zero-order valence-electron chi connectivity index (χ0n) is 36.0. The smallest absolute Gasteiger partial charge is 0.362 e.